The minimum atomic E-state index is -0.464. The molecular formula is C19H22N2O5. The van der Waals surface area contributed by atoms with Gasteiger partial charge in [0.05, 0.1) is 17.7 Å². The summed E-state index contributed by atoms with van der Waals surface area (Å²) in [7, 11) is 0. The Balaban J connectivity index is 1.68. The van der Waals surface area contributed by atoms with E-state index in [0.29, 0.717) is 11.3 Å². The van der Waals surface area contributed by atoms with Gasteiger partial charge in [-0.1, -0.05) is 19.3 Å². The van der Waals surface area contributed by atoms with Gasteiger partial charge in [-0.15, -0.1) is 0 Å². The molecule has 0 aromatic heterocycles. The minimum absolute atomic E-state index is 0.00886. The van der Waals surface area contributed by atoms with E-state index in [1.807, 2.05) is 0 Å². The summed E-state index contributed by atoms with van der Waals surface area (Å²) in [6.45, 7) is 1.24. The SMILES string of the molecule is CC(=O)OCCN1C(=O)c2ccc(NC(=O)C3CCCCC3)cc2C1=O. The summed E-state index contributed by atoms with van der Waals surface area (Å²) in [6, 6.07) is 4.74. The number of carbonyl (C=O) groups is 4. The van der Waals surface area contributed by atoms with Gasteiger partial charge in [0.1, 0.15) is 6.61 Å². The molecule has 0 bridgehead atoms. The quantitative estimate of drug-likeness (QED) is 0.644. The van der Waals surface area contributed by atoms with Crippen molar-refractivity contribution in [2.45, 2.75) is 39.0 Å². The van der Waals surface area contributed by atoms with Crippen LogP contribution >= 0.6 is 0 Å². The zero-order chi connectivity index (χ0) is 18.7. The maximum absolute atomic E-state index is 12.5. The Morgan fingerprint density at radius 1 is 1.12 bits per heavy atom. The molecule has 0 radical (unpaired) electrons. The van der Waals surface area contributed by atoms with Crippen molar-refractivity contribution < 1.29 is 23.9 Å². The summed E-state index contributed by atoms with van der Waals surface area (Å²) in [4.78, 5) is 49.1. The molecule has 1 aliphatic carbocycles. The third kappa shape index (κ3) is 3.76. The predicted octanol–water partition coefficient (Wildman–Crippen LogP) is 2.36. The molecule has 0 unspecified atom stereocenters. The van der Waals surface area contributed by atoms with E-state index in [2.05, 4.69) is 5.32 Å². The molecule has 1 aromatic carbocycles. The average Bonchev–Trinajstić information content (AvgIpc) is 2.86. The molecule has 1 heterocycles. The molecule has 138 valence electrons. The van der Waals surface area contributed by atoms with Gasteiger partial charge < -0.3 is 10.1 Å². The van der Waals surface area contributed by atoms with E-state index >= 15 is 0 Å². The molecule has 0 spiro atoms. The number of nitrogens with one attached hydrogen (secondary N) is 1. The maximum Gasteiger partial charge on any atom is 0.302 e. The fraction of sp³-hybridized carbons (Fsp3) is 0.474. The van der Waals surface area contributed by atoms with Crippen LogP contribution in [-0.4, -0.2) is 41.7 Å². The predicted molar refractivity (Wildman–Crippen MR) is 93.6 cm³/mol. The van der Waals surface area contributed by atoms with Crippen LogP contribution in [0.25, 0.3) is 0 Å². The fourth-order valence-electron chi connectivity index (χ4n) is 3.46. The lowest BCUT2D eigenvalue weighted by atomic mass is 9.88. The molecule has 2 aliphatic rings. The van der Waals surface area contributed by atoms with Crippen LogP contribution in [0.2, 0.25) is 0 Å². The Labute approximate surface area is 151 Å². The third-order valence-electron chi connectivity index (χ3n) is 4.83. The van der Waals surface area contributed by atoms with Crippen LogP contribution in [0, 0.1) is 5.92 Å². The Kier molecular flexibility index (Phi) is 5.35. The lowest BCUT2D eigenvalue weighted by Crippen LogP contribution is -2.33. The Bertz CT molecular complexity index is 752. The molecule has 26 heavy (non-hydrogen) atoms. The molecule has 1 N–H and O–H groups in total. The number of hydrogen-bond acceptors (Lipinski definition) is 5. The number of rotatable bonds is 5. The highest BCUT2D eigenvalue weighted by Gasteiger charge is 2.35. The summed E-state index contributed by atoms with van der Waals surface area (Å²) in [5.41, 5.74) is 1.08. The molecule has 0 atom stereocenters. The molecule has 7 heteroatoms. The third-order valence-corrected chi connectivity index (χ3v) is 4.83. The van der Waals surface area contributed by atoms with Crippen LogP contribution in [0.4, 0.5) is 5.69 Å². The van der Waals surface area contributed by atoms with Crippen molar-refractivity contribution in [3.63, 3.8) is 0 Å². The van der Waals surface area contributed by atoms with Crippen LogP contribution in [0.1, 0.15) is 59.7 Å². The first-order valence-corrected chi connectivity index (χ1v) is 8.92. The van der Waals surface area contributed by atoms with E-state index in [-0.39, 0.29) is 30.5 Å². The van der Waals surface area contributed by atoms with Crippen LogP contribution in [-0.2, 0) is 14.3 Å². The van der Waals surface area contributed by atoms with E-state index in [1.54, 1.807) is 18.2 Å². The lowest BCUT2D eigenvalue weighted by Gasteiger charge is -2.20. The second-order valence-corrected chi connectivity index (χ2v) is 6.69. The zero-order valence-corrected chi connectivity index (χ0v) is 14.7. The molecule has 0 saturated heterocycles. The highest BCUT2D eigenvalue weighted by Crippen LogP contribution is 2.28. The van der Waals surface area contributed by atoms with Crippen molar-refractivity contribution in [3.05, 3.63) is 29.3 Å². The Morgan fingerprint density at radius 3 is 2.50 bits per heavy atom. The van der Waals surface area contributed by atoms with E-state index in [1.165, 1.54) is 13.3 Å². The molecular weight excluding hydrogens is 336 g/mol. The smallest absolute Gasteiger partial charge is 0.302 e. The standard InChI is InChI=1S/C19H22N2O5/c1-12(22)26-10-9-21-18(24)15-8-7-14(11-16(15)19(21)25)20-17(23)13-5-3-2-4-6-13/h7-8,11,13H,2-6,9-10H2,1H3,(H,20,23). The lowest BCUT2D eigenvalue weighted by molar-refractivity contribution is -0.141. The first-order chi connectivity index (χ1) is 12.5. The molecule has 1 saturated carbocycles. The van der Waals surface area contributed by atoms with Gasteiger partial charge >= 0.3 is 5.97 Å². The van der Waals surface area contributed by atoms with Crippen LogP contribution in [0.15, 0.2) is 18.2 Å². The summed E-state index contributed by atoms with van der Waals surface area (Å²) in [5.74, 6) is -1.34. The van der Waals surface area contributed by atoms with Gasteiger partial charge in [-0.05, 0) is 31.0 Å². The molecule has 3 amide bonds. The van der Waals surface area contributed by atoms with Crippen molar-refractivity contribution >= 4 is 29.4 Å². The number of imide groups is 1. The highest BCUT2D eigenvalue weighted by atomic mass is 16.5. The van der Waals surface area contributed by atoms with Gasteiger partial charge in [-0.3, -0.25) is 24.1 Å². The number of anilines is 1. The number of nitrogens with zero attached hydrogens (tertiary/aromatic N) is 1. The molecule has 1 aromatic rings. The van der Waals surface area contributed by atoms with E-state index in [4.69, 9.17) is 4.74 Å². The fourth-order valence-corrected chi connectivity index (χ4v) is 3.46. The van der Waals surface area contributed by atoms with E-state index in [9.17, 15) is 19.2 Å². The van der Waals surface area contributed by atoms with Gasteiger partial charge in [0.15, 0.2) is 0 Å². The van der Waals surface area contributed by atoms with Gasteiger partial charge in [-0.25, -0.2) is 0 Å². The number of ether oxygens (including phenoxy) is 1. The number of benzene rings is 1. The monoisotopic (exact) mass is 358 g/mol. The second kappa shape index (κ2) is 7.68. The summed E-state index contributed by atoms with van der Waals surface area (Å²) in [6.07, 6.45) is 5.07. The normalized spacial score (nSPS) is 17.2. The van der Waals surface area contributed by atoms with Gasteiger partial charge in [0.2, 0.25) is 5.91 Å². The first-order valence-electron chi connectivity index (χ1n) is 8.92. The van der Waals surface area contributed by atoms with Gasteiger partial charge in [0, 0.05) is 18.5 Å². The average molecular weight is 358 g/mol. The van der Waals surface area contributed by atoms with Crippen LogP contribution in [0.3, 0.4) is 0 Å². The van der Waals surface area contributed by atoms with Crippen LogP contribution < -0.4 is 5.32 Å². The van der Waals surface area contributed by atoms with E-state index < -0.39 is 17.8 Å². The Morgan fingerprint density at radius 2 is 1.81 bits per heavy atom. The molecule has 7 nitrogen and oxygen atoms in total. The minimum Gasteiger partial charge on any atom is -0.464 e. The summed E-state index contributed by atoms with van der Waals surface area (Å²) < 4.78 is 4.80. The topological polar surface area (TPSA) is 92.8 Å². The second-order valence-electron chi connectivity index (χ2n) is 6.69. The molecule has 1 aliphatic heterocycles. The zero-order valence-electron chi connectivity index (χ0n) is 14.7. The first kappa shape index (κ1) is 18.1. The van der Waals surface area contributed by atoms with Crippen molar-refractivity contribution in [2.24, 2.45) is 5.92 Å². The number of hydrogen-bond donors (Lipinski definition) is 1. The van der Waals surface area contributed by atoms with Crippen molar-refractivity contribution in [1.82, 2.24) is 4.90 Å². The van der Waals surface area contributed by atoms with Gasteiger partial charge in [0.25, 0.3) is 11.8 Å². The summed E-state index contributed by atoms with van der Waals surface area (Å²) >= 11 is 0. The Hall–Kier alpha value is -2.70. The number of esters is 1. The largest absolute Gasteiger partial charge is 0.464 e. The number of carbonyl (C=O) groups excluding carboxylic acids is 4. The van der Waals surface area contributed by atoms with E-state index in [0.717, 1.165) is 30.6 Å². The summed E-state index contributed by atoms with van der Waals surface area (Å²) in [5, 5.41) is 2.86. The number of fused-ring (bicyclic) bond motifs is 1. The van der Waals surface area contributed by atoms with Gasteiger partial charge in [-0.2, -0.15) is 0 Å². The molecule has 3 rings (SSSR count). The van der Waals surface area contributed by atoms with Crippen molar-refractivity contribution in [2.75, 3.05) is 18.5 Å². The van der Waals surface area contributed by atoms with Crippen molar-refractivity contribution in [3.8, 4) is 0 Å². The van der Waals surface area contributed by atoms with Crippen molar-refractivity contribution in [1.29, 1.82) is 0 Å². The number of amides is 3. The molecule has 1 fully saturated rings. The maximum atomic E-state index is 12.5. The van der Waals surface area contributed by atoms with Crippen LogP contribution in [0.5, 0.6) is 0 Å². The highest BCUT2D eigenvalue weighted by molar-refractivity contribution is 6.21.